The molecule has 1 aromatic rings. The van der Waals surface area contributed by atoms with E-state index < -0.39 is 0 Å². The van der Waals surface area contributed by atoms with E-state index in [0.717, 1.165) is 5.56 Å². The predicted octanol–water partition coefficient (Wildman–Crippen LogP) is 1.94. The Kier molecular flexibility index (Phi) is 4.84. The number of hydrogen-bond donors (Lipinski definition) is 2. The Morgan fingerprint density at radius 1 is 1.59 bits per heavy atom. The largest absolute Gasteiger partial charge is 0.389 e. The highest BCUT2D eigenvalue weighted by atomic mass is 32.1. The van der Waals surface area contributed by atoms with Crippen molar-refractivity contribution in [3.8, 4) is 0 Å². The molecule has 0 aliphatic rings. The molecule has 5 heteroatoms. The summed E-state index contributed by atoms with van der Waals surface area (Å²) in [6.45, 7) is 7.34. The average Bonchev–Trinajstić information content (AvgIpc) is 2.27. The van der Waals surface area contributed by atoms with Crippen LogP contribution in [0.4, 0.5) is 5.82 Å². The van der Waals surface area contributed by atoms with E-state index in [2.05, 4.69) is 10.3 Å². The minimum Gasteiger partial charge on any atom is -0.389 e. The van der Waals surface area contributed by atoms with Crippen molar-refractivity contribution in [1.29, 1.82) is 0 Å². The van der Waals surface area contributed by atoms with Crippen LogP contribution in [0.2, 0.25) is 0 Å². The molecule has 0 aromatic carbocycles. The Morgan fingerprint density at radius 2 is 2.29 bits per heavy atom. The van der Waals surface area contributed by atoms with Crippen molar-refractivity contribution in [2.75, 3.05) is 18.5 Å². The third-order valence-electron chi connectivity index (χ3n) is 2.29. The van der Waals surface area contributed by atoms with Gasteiger partial charge in [-0.3, -0.25) is 0 Å². The van der Waals surface area contributed by atoms with Crippen LogP contribution in [0.25, 0.3) is 0 Å². The van der Waals surface area contributed by atoms with E-state index in [-0.39, 0.29) is 5.60 Å². The van der Waals surface area contributed by atoms with Crippen molar-refractivity contribution < 1.29 is 4.74 Å². The number of hydrogen-bond acceptors (Lipinski definition) is 4. The van der Waals surface area contributed by atoms with Gasteiger partial charge in [0.15, 0.2) is 0 Å². The second-order valence-corrected chi connectivity index (χ2v) is 4.75. The van der Waals surface area contributed by atoms with Crippen LogP contribution in [-0.2, 0) is 4.74 Å². The molecule has 0 radical (unpaired) electrons. The lowest BCUT2D eigenvalue weighted by atomic mass is 10.1. The van der Waals surface area contributed by atoms with Gasteiger partial charge in [0.25, 0.3) is 0 Å². The van der Waals surface area contributed by atoms with Gasteiger partial charge in [-0.05, 0) is 32.9 Å². The number of aromatic nitrogens is 1. The van der Waals surface area contributed by atoms with E-state index in [1.54, 1.807) is 6.20 Å². The SMILES string of the molecule is CCOC(C)(C)CNc1ncccc1C(N)=S. The summed E-state index contributed by atoms with van der Waals surface area (Å²) in [7, 11) is 0. The fourth-order valence-corrected chi connectivity index (χ4v) is 1.65. The molecule has 0 bridgehead atoms. The number of anilines is 1. The van der Waals surface area contributed by atoms with Gasteiger partial charge in [0.2, 0.25) is 0 Å². The molecule has 17 heavy (non-hydrogen) atoms. The first kappa shape index (κ1) is 13.9. The van der Waals surface area contributed by atoms with Gasteiger partial charge in [-0.1, -0.05) is 12.2 Å². The summed E-state index contributed by atoms with van der Waals surface area (Å²) in [4.78, 5) is 4.57. The highest BCUT2D eigenvalue weighted by Crippen LogP contribution is 2.14. The first-order valence-electron chi connectivity index (χ1n) is 5.59. The maximum atomic E-state index is 5.63. The van der Waals surface area contributed by atoms with Gasteiger partial charge >= 0.3 is 0 Å². The summed E-state index contributed by atoms with van der Waals surface area (Å²) in [5.74, 6) is 0.702. The van der Waals surface area contributed by atoms with Gasteiger partial charge in [0, 0.05) is 19.3 Å². The molecule has 0 amide bonds. The standard InChI is InChI=1S/C12H19N3OS/c1-4-16-12(2,3)8-15-11-9(10(13)17)6-5-7-14-11/h5-7H,4,8H2,1-3H3,(H2,13,17)(H,14,15). The van der Waals surface area contributed by atoms with Crippen molar-refractivity contribution in [1.82, 2.24) is 4.98 Å². The minimum absolute atomic E-state index is 0.250. The molecule has 0 fully saturated rings. The lowest BCUT2D eigenvalue weighted by Gasteiger charge is -2.25. The van der Waals surface area contributed by atoms with E-state index in [4.69, 9.17) is 22.7 Å². The van der Waals surface area contributed by atoms with Gasteiger partial charge in [-0.2, -0.15) is 0 Å². The van der Waals surface area contributed by atoms with Gasteiger partial charge < -0.3 is 15.8 Å². The predicted molar refractivity (Wildman–Crippen MR) is 74.3 cm³/mol. The lowest BCUT2D eigenvalue weighted by Crippen LogP contribution is -2.34. The zero-order chi connectivity index (χ0) is 12.9. The summed E-state index contributed by atoms with van der Waals surface area (Å²) in [5.41, 5.74) is 6.14. The second kappa shape index (κ2) is 5.93. The number of thiocarbonyl (C=S) groups is 1. The van der Waals surface area contributed by atoms with Crippen LogP contribution >= 0.6 is 12.2 Å². The Bertz CT molecular complexity index is 393. The molecule has 0 aliphatic carbocycles. The van der Waals surface area contributed by atoms with Gasteiger partial charge in [-0.25, -0.2) is 4.98 Å². The summed E-state index contributed by atoms with van der Waals surface area (Å²) in [6, 6.07) is 3.67. The molecule has 0 atom stereocenters. The zero-order valence-corrected chi connectivity index (χ0v) is 11.3. The third-order valence-corrected chi connectivity index (χ3v) is 2.51. The lowest BCUT2D eigenvalue weighted by molar-refractivity contribution is 0.000642. The van der Waals surface area contributed by atoms with Crippen LogP contribution in [0.3, 0.4) is 0 Å². The Balaban J connectivity index is 2.72. The smallest absolute Gasteiger partial charge is 0.136 e. The van der Waals surface area contributed by atoms with Crippen LogP contribution in [0.1, 0.15) is 26.3 Å². The number of nitrogens with one attached hydrogen (secondary N) is 1. The van der Waals surface area contributed by atoms with Crippen molar-refractivity contribution in [3.63, 3.8) is 0 Å². The molecule has 0 aliphatic heterocycles. The molecule has 0 unspecified atom stereocenters. The quantitative estimate of drug-likeness (QED) is 0.759. The first-order chi connectivity index (χ1) is 7.96. The van der Waals surface area contributed by atoms with Crippen LogP contribution < -0.4 is 11.1 Å². The van der Waals surface area contributed by atoms with Gasteiger partial charge in [0.05, 0.1) is 11.2 Å². The number of nitrogens with two attached hydrogens (primary N) is 1. The van der Waals surface area contributed by atoms with E-state index in [1.807, 2.05) is 32.9 Å². The fourth-order valence-electron chi connectivity index (χ4n) is 1.48. The van der Waals surface area contributed by atoms with E-state index in [0.29, 0.717) is 24.0 Å². The van der Waals surface area contributed by atoms with Gasteiger partial charge in [-0.15, -0.1) is 0 Å². The van der Waals surface area contributed by atoms with Crippen LogP contribution in [0, 0.1) is 0 Å². The Labute approximate surface area is 108 Å². The van der Waals surface area contributed by atoms with Crippen molar-refractivity contribution in [2.45, 2.75) is 26.4 Å². The summed E-state index contributed by atoms with van der Waals surface area (Å²) in [5, 5.41) is 3.22. The monoisotopic (exact) mass is 253 g/mol. The molecule has 0 saturated heterocycles. The normalized spacial score (nSPS) is 11.2. The molecule has 0 saturated carbocycles. The van der Waals surface area contributed by atoms with Crippen LogP contribution in [-0.4, -0.2) is 28.7 Å². The van der Waals surface area contributed by atoms with E-state index in [9.17, 15) is 0 Å². The molecule has 94 valence electrons. The number of ether oxygens (including phenoxy) is 1. The van der Waals surface area contributed by atoms with Crippen LogP contribution in [0.15, 0.2) is 18.3 Å². The molecule has 3 N–H and O–H groups in total. The first-order valence-corrected chi connectivity index (χ1v) is 6.00. The third kappa shape index (κ3) is 4.28. The van der Waals surface area contributed by atoms with Crippen molar-refractivity contribution >= 4 is 23.0 Å². The second-order valence-electron chi connectivity index (χ2n) is 4.31. The average molecular weight is 253 g/mol. The maximum absolute atomic E-state index is 5.63. The summed E-state index contributed by atoms with van der Waals surface area (Å²) in [6.07, 6.45) is 1.71. The highest BCUT2D eigenvalue weighted by molar-refractivity contribution is 7.80. The fraction of sp³-hybridized carbons (Fsp3) is 0.500. The molecular formula is C12H19N3OS. The minimum atomic E-state index is -0.250. The Morgan fingerprint density at radius 3 is 2.88 bits per heavy atom. The summed E-state index contributed by atoms with van der Waals surface area (Å²) < 4.78 is 5.60. The molecule has 4 nitrogen and oxygen atoms in total. The van der Waals surface area contributed by atoms with Crippen LogP contribution in [0.5, 0.6) is 0 Å². The van der Waals surface area contributed by atoms with E-state index in [1.165, 1.54) is 0 Å². The van der Waals surface area contributed by atoms with Crippen molar-refractivity contribution in [2.24, 2.45) is 5.73 Å². The highest BCUT2D eigenvalue weighted by Gasteiger charge is 2.18. The zero-order valence-electron chi connectivity index (χ0n) is 10.5. The topological polar surface area (TPSA) is 60.2 Å². The van der Waals surface area contributed by atoms with E-state index >= 15 is 0 Å². The van der Waals surface area contributed by atoms with Gasteiger partial charge in [0.1, 0.15) is 10.8 Å². The number of pyridine rings is 1. The molecule has 1 heterocycles. The number of nitrogens with zero attached hydrogens (tertiary/aromatic N) is 1. The molecule has 1 rings (SSSR count). The molecule has 1 aromatic heterocycles. The van der Waals surface area contributed by atoms with Crippen molar-refractivity contribution in [3.05, 3.63) is 23.9 Å². The molecular weight excluding hydrogens is 234 g/mol. The summed E-state index contributed by atoms with van der Waals surface area (Å²) >= 11 is 4.97. The maximum Gasteiger partial charge on any atom is 0.136 e. The Hall–Kier alpha value is -1.20. The number of rotatable bonds is 6. The molecule has 0 spiro atoms.